The fourth-order valence-corrected chi connectivity index (χ4v) is 3.70. The van der Waals surface area contributed by atoms with Gasteiger partial charge in [0.1, 0.15) is 0 Å². The topological polar surface area (TPSA) is 80.8 Å². The summed E-state index contributed by atoms with van der Waals surface area (Å²) >= 11 is 0. The van der Waals surface area contributed by atoms with Gasteiger partial charge in [-0.15, -0.1) is 9.35 Å². The maximum Gasteiger partial charge on any atom is 0.525 e. The highest BCUT2D eigenvalue weighted by atomic mass is 32.2. The lowest BCUT2D eigenvalue weighted by Gasteiger charge is -2.15. The third kappa shape index (κ3) is 3.49. The van der Waals surface area contributed by atoms with Crippen LogP contribution in [0.1, 0.15) is 11.1 Å². The van der Waals surface area contributed by atoms with E-state index in [0.717, 1.165) is 0 Å². The van der Waals surface area contributed by atoms with Gasteiger partial charge in [0, 0.05) is 0 Å². The number of benzene rings is 3. The second-order valence-electron chi connectivity index (χ2n) is 6.52. The second kappa shape index (κ2) is 7.33. The molecule has 0 N–H and O–H groups in total. The van der Waals surface area contributed by atoms with E-state index >= 15 is 0 Å². The van der Waals surface area contributed by atoms with E-state index in [1.807, 2.05) is 0 Å². The maximum absolute atomic E-state index is 13.0. The van der Waals surface area contributed by atoms with Gasteiger partial charge >= 0.3 is 15.6 Å². The SMILES string of the molecule is O=C1C(c2ccccc2)=C(c2cccc3ccccc23)C(=O)N1OS(=O)(=O)C(F)(F)F. The molecular weight excluding hydrogens is 435 g/mol. The lowest BCUT2D eigenvalue weighted by Crippen LogP contribution is -2.38. The molecule has 158 valence electrons. The van der Waals surface area contributed by atoms with Crippen molar-refractivity contribution in [3.05, 3.63) is 83.9 Å². The fourth-order valence-electron chi connectivity index (χ4n) is 3.28. The maximum atomic E-state index is 13.0. The first-order chi connectivity index (χ1) is 14.6. The van der Waals surface area contributed by atoms with Crippen LogP contribution in [0.25, 0.3) is 21.9 Å². The summed E-state index contributed by atoms with van der Waals surface area (Å²) in [6.07, 6.45) is 0. The van der Waals surface area contributed by atoms with Crippen molar-refractivity contribution >= 4 is 43.9 Å². The van der Waals surface area contributed by atoms with Gasteiger partial charge in [-0.2, -0.15) is 21.6 Å². The Morgan fingerprint density at radius 3 is 2.00 bits per heavy atom. The van der Waals surface area contributed by atoms with E-state index < -0.39 is 27.4 Å². The zero-order chi connectivity index (χ0) is 22.4. The molecule has 0 atom stereocenters. The fraction of sp³-hybridized carbons (Fsp3) is 0.0476. The molecule has 1 aliphatic heterocycles. The molecule has 0 radical (unpaired) electrons. The third-order valence-electron chi connectivity index (χ3n) is 4.62. The summed E-state index contributed by atoms with van der Waals surface area (Å²) in [6, 6.07) is 19.5. The van der Waals surface area contributed by atoms with Crippen LogP contribution in [0.4, 0.5) is 13.2 Å². The summed E-state index contributed by atoms with van der Waals surface area (Å²) in [6.45, 7) is 0. The van der Waals surface area contributed by atoms with Crippen molar-refractivity contribution < 1.29 is 35.5 Å². The molecule has 31 heavy (non-hydrogen) atoms. The van der Waals surface area contributed by atoms with Crippen LogP contribution in [0, 0.1) is 0 Å². The van der Waals surface area contributed by atoms with E-state index in [1.54, 1.807) is 54.6 Å². The average molecular weight is 447 g/mol. The van der Waals surface area contributed by atoms with E-state index in [2.05, 4.69) is 4.28 Å². The van der Waals surface area contributed by atoms with Gasteiger partial charge in [-0.3, -0.25) is 9.59 Å². The molecule has 0 aromatic heterocycles. The van der Waals surface area contributed by atoms with Gasteiger partial charge in [-0.05, 0) is 21.9 Å². The molecule has 0 saturated carbocycles. The summed E-state index contributed by atoms with van der Waals surface area (Å²) in [5.74, 6) is -2.63. The molecule has 1 heterocycles. The summed E-state index contributed by atoms with van der Waals surface area (Å²) in [5.41, 5.74) is -5.86. The van der Waals surface area contributed by atoms with Gasteiger partial charge < -0.3 is 0 Å². The molecule has 0 fully saturated rings. The largest absolute Gasteiger partial charge is 0.525 e. The highest BCUT2D eigenvalue weighted by molar-refractivity contribution is 7.87. The summed E-state index contributed by atoms with van der Waals surface area (Å²) in [5, 5.41) is 0.903. The summed E-state index contributed by atoms with van der Waals surface area (Å²) < 4.78 is 65.4. The van der Waals surface area contributed by atoms with E-state index in [9.17, 15) is 31.2 Å². The van der Waals surface area contributed by atoms with Crippen molar-refractivity contribution in [1.82, 2.24) is 5.06 Å². The molecule has 10 heteroatoms. The number of rotatable bonds is 4. The molecule has 0 bridgehead atoms. The smallest absolute Gasteiger partial charge is 0.266 e. The number of nitrogens with zero attached hydrogens (tertiary/aromatic N) is 1. The van der Waals surface area contributed by atoms with Crippen LogP contribution in [-0.4, -0.2) is 30.8 Å². The van der Waals surface area contributed by atoms with Gasteiger partial charge in [0.2, 0.25) is 0 Å². The number of carbonyl (C=O) groups excluding carboxylic acids is 2. The van der Waals surface area contributed by atoms with Crippen molar-refractivity contribution in [2.24, 2.45) is 0 Å². The van der Waals surface area contributed by atoms with E-state index in [-0.39, 0.29) is 27.3 Å². The molecular formula is C21H12F3NO5S. The Balaban J connectivity index is 1.94. The van der Waals surface area contributed by atoms with E-state index in [1.165, 1.54) is 18.2 Å². The third-order valence-corrected chi connectivity index (χ3v) is 5.54. The van der Waals surface area contributed by atoms with Crippen molar-refractivity contribution in [3.63, 3.8) is 0 Å². The minimum absolute atomic E-state index is 0.222. The van der Waals surface area contributed by atoms with Gasteiger partial charge in [0.25, 0.3) is 11.8 Å². The minimum Gasteiger partial charge on any atom is -0.266 e. The molecule has 4 rings (SSSR count). The summed E-state index contributed by atoms with van der Waals surface area (Å²) in [7, 11) is -6.24. The number of hydrogen-bond acceptors (Lipinski definition) is 5. The van der Waals surface area contributed by atoms with Crippen LogP contribution >= 0.6 is 0 Å². The Labute approximate surface area is 174 Å². The Hall–Kier alpha value is -3.50. The molecule has 0 spiro atoms. The van der Waals surface area contributed by atoms with Crippen LogP contribution in [-0.2, 0) is 24.0 Å². The van der Waals surface area contributed by atoms with Crippen molar-refractivity contribution in [1.29, 1.82) is 0 Å². The lowest BCUT2D eigenvalue weighted by molar-refractivity contribution is -0.164. The van der Waals surface area contributed by atoms with E-state index in [4.69, 9.17) is 0 Å². The Bertz CT molecular complexity index is 1340. The van der Waals surface area contributed by atoms with Gasteiger partial charge in [-0.25, -0.2) is 0 Å². The predicted octanol–water partition coefficient (Wildman–Crippen LogP) is 3.90. The Morgan fingerprint density at radius 1 is 0.742 bits per heavy atom. The number of hydrogen-bond donors (Lipinski definition) is 0. The molecule has 2 amide bonds. The number of imide groups is 1. The lowest BCUT2D eigenvalue weighted by atomic mass is 9.93. The van der Waals surface area contributed by atoms with Crippen LogP contribution in [0.5, 0.6) is 0 Å². The number of amides is 2. The average Bonchev–Trinajstić information content (AvgIpc) is 2.97. The molecule has 0 unspecified atom stereocenters. The Kier molecular flexibility index (Phi) is 4.91. The second-order valence-corrected chi connectivity index (χ2v) is 8.04. The van der Waals surface area contributed by atoms with Gasteiger partial charge in [0.05, 0.1) is 11.1 Å². The molecule has 0 saturated heterocycles. The van der Waals surface area contributed by atoms with Crippen LogP contribution in [0.3, 0.4) is 0 Å². The van der Waals surface area contributed by atoms with Crippen LogP contribution in [0.2, 0.25) is 0 Å². The predicted molar refractivity (Wildman–Crippen MR) is 105 cm³/mol. The van der Waals surface area contributed by atoms with Crippen molar-refractivity contribution in [2.45, 2.75) is 5.51 Å². The first-order valence-electron chi connectivity index (χ1n) is 8.79. The highest BCUT2D eigenvalue weighted by Crippen LogP contribution is 2.39. The number of alkyl halides is 3. The van der Waals surface area contributed by atoms with Crippen LogP contribution in [0.15, 0.2) is 72.8 Å². The highest BCUT2D eigenvalue weighted by Gasteiger charge is 2.53. The first-order valence-corrected chi connectivity index (χ1v) is 10.2. The Morgan fingerprint density at radius 2 is 1.32 bits per heavy atom. The van der Waals surface area contributed by atoms with E-state index in [0.29, 0.717) is 10.8 Å². The number of fused-ring (bicyclic) bond motifs is 1. The zero-order valence-corrected chi connectivity index (χ0v) is 16.3. The number of carbonyl (C=O) groups is 2. The van der Waals surface area contributed by atoms with Gasteiger partial charge in [0.15, 0.2) is 0 Å². The minimum atomic E-state index is -6.24. The first kappa shape index (κ1) is 20.8. The monoisotopic (exact) mass is 447 g/mol. The molecule has 3 aromatic carbocycles. The quantitative estimate of drug-likeness (QED) is 0.448. The number of hydroxylamine groups is 2. The molecule has 0 aliphatic carbocycles. The molecule has 3 aromatic rings. The normalized spacial score (nSPS) is 15.3. The van der Waals surface area contributed by atoms with Crippen molar-refractivity contribution in [3.8, 4) is 0 Å². The summed E-state index contributed by atoms with van der Waals surface area (Å²) in [4.78, 5) is 26.0. The standard InChI is InChI=1S/C21H12F3NO5S/c22-21(23,24)31(28,29)30-25-19(26)17(14-8-2-1-3-9-14)18(20(25)27)16-12-6-10-13-7-4-5-11-15(13)16/h1-12H. The molecule has 6 nitrogen and oxygen atoms in total. The van der Waals surface area contributed by atoms with Crippen molar-refractivity contribution in [2.75, 3.05) is 0 Å². The van der Waals surface area contributed by atoms with Gasteiger partial charge in [-0.1, -0.05) is 72.8 Å². The zero-order valence-electron chi connectivity index (χ0n) is 15.5. The number of halogens is 3. The molecule has 1 aliphatic rings. The van der Waals surface area contributed by atoms with Crippen LogP contribution < -0.4 is 0 Å².